The first-order valence-corrected chi connectivity index (χ1v) is 11.7. The number of hydrogen-bond acceptors (Lipinski definition) is 4. The van der Waals surface area contributed by atoms with Gasteiger partial charge in [-0.05, 0) is 54.5 Å². The van der Waals surface area contributed by atoms with E-state index in [-0.39, 0.29) is 10.3 Å². The summed E-state index contributed by atoms with van der Waals surface area (Å²) in [6.07, 6.45) is 3.19. The molecule has 8 heteroatoms. The predicted molar refractivity (Wildman–Crippen MR) is 114 cm³/mol. The van der Waals surface area contributed by atoms with Gasteiger partial charge < -0.3 is 5.32 Å². The third kappa shape index (κ3) is 4.09. The highest BCUT2D eigenvalue weighted by molar-refractivity contribution is 7.90. The molecule has 1 fully saturated rings. The van der Waals surface area contributed by atoms with Crippen LogP contribution in [0.3, 0.4) is 0 Å². The Hall–Kier alpha value is -2.74. The fraction of sp³-hybridized carbons (Fsp3) is 0.364. The van der Waals surface area contributed by atoms with Gasteiger partial charge >= 0.3 is 0 Å². The van der Waals surface area contributed by atoms with E-state index in [1.54, 1.807) is 22.9 Å². The quantitative estimate of drug-likeness (QED) is 0.657. The molecule has 0 unspecified atom stereocenters. The summed E-state index contributed by atoms with van der Waals surface area (Å²) in [6, 6.07) is 10.3. The number of fused-ring (bicyclic) bond motifs is 1. The van der Waals surface area contributed by atoms with E-state index >= 15 is 0 Å². The first-order valence-electron chi connectivity index (χ1n) is 9.79. The van der Waals surface area contributed by atoms with E-state index in [4.69, 9.17) is 0 Å². The van der Waals surface area contributed by atoms with Crippen LogP contribution in [0.4, 0.5) is 10.1 Å². The summed E-state index contributed by atoms with van der Waals surface area (Å²) < 4.78 is 39.0. The Bertz CT molecular complexity index is 1240. The summed E-state index contributed by atoms with van der Waals surface area (Å²) in [7, 11) is -3.40. The number of anilines is 1. The Morgan fingerprint density at radius 1 is 1.23 bits per heavy atom. The predicted octanol–water partition coefficient (Wildman–Crippen LogP) is 4.27. The Morgan fingerprint density at radius 3 is 2.63 bits per heavy atom. The van der Waals surface area contributed by atoms with Crippen molar-refractivity contribution in [1.29, 1.82) is 0 Å². The zero-order valence-corrected chi connectivity index (χ0v) is 18.0. The highest BCUT2D eigenvalue weighted by atomic mass is 32.2. The van der Waals surface area contributed by atoms with E-state index in [0.29, 0.717) is 34.7 Å². The van der Waals surface area contributed by atoms with Gasteiger partial charge in [-0.25, -0.2) is 12.8 Å². The van der Waals surface area contributed by atoms with Crippen LogP contribution < -0.4 is 5.32 Å². The SMILES string of the molecule is CC1(C)CC(Cn2nc3cc(F)ccc3c2C(=O)Nc2cccc(S(C)(=O)=O)c2)C1. The Kier molecular flexibility index (Phi) is 4.92. The second-order valence-corrected chi connectivity index (χ2v) is 10.9. The topological polar surface area (TPSA) is 81.1 Å². The lowest BCUT2D eigenvalue weighted by atomic mass is 9.64. The van der Waals surface area contributed by atoms with E-state index in [1.807, 2.05) is 0 Å². The second-order valence-electron chi connectivity index (χ2n) is 8.88. The molecule has 1 saturated carbocycles. The maximum absolute atomic E-state index is 13.7. The minimum absolute atomic E-state index is 0.123. The van der Waals surface area contributed by atoms with E-state index in [0.717, 1.165) is 19.1 Å². The van der Waals surface area contributed by atoms with Crippen molar-refractivity contribution in [3.8, 4) is 0 Å². The van der Waals surface area contributed by atoms with Crippen molar-refractivity contribution in [1.82, 2.24) is 9.78 Å². The van der Waals surface area contributed by atoms with Crippen molar-refractivity contribution in [2.24, 2.45) is 11.3 Å². The number of rotatable bonds is 5. The van der Waals surface area contributed by atoms with Crippen molar-refractivity contribution in [2.45, 2.75) is 38.1 Å². The molecule has 0 spiro atoms. The van der Waals surface area contributed by atoms with Gasteiger partial charge in [-0.2, -0.15) is 5.10 Å². The number of carbonyl (C=O) groups is 1. The summed E-state index contributed by atoms with van der Waals surface area (Å²) in [5, 5.41) is 7.82. The molecular formula is C22H24FN3O3S. The largest absolute Gasteiger partial charge is 0.321 e. The minimum atomic E-state index is -3.40. The van der Waals surface area contributed by atoms with Gasteiger partial charge in [0.1, 0.15) is 11.5 Å². The van der Waals surface area contributed by atoms with Gasteiger partial charge in [0, 0.05) is 29.9 Å². The first kappa shape index (κ1) is 20.5. The van der Waals surface area contributed by atoms with Crippen molar-refractivity contribution < 1.29 is 17.6 Å². The zero-order chi connectivity index (χ0) is 21.7. The maximum Gasteiger partial charge on any atom is 0.274 e. The summed E-state index contributed by atoms with van der Waals surface area (Å²) in [5.74, 6) is -0.419. The van der Waals surface area contributed by atoms with Gasteiger partial charge in [-0.1, -0.05) is 19.9 Å². The van der Waals surface area contributed by atoms with Gasteiger partial charge in [-0.3, -0.25) is 9.48 Å². The Morgan fingerprint density at radius 2 is 1.97 bits per heavy atom. The van der Waals surface area contributed by atoms with Crippen LogP contribution in [0.25, 0.3) is 10.9 Å². The number of carbonyl (C=O) groups excluding carboxylic acids is 1. The van der Waals surface area contributed by atoms with Crippen molar-refractivity contribution in [2.75, 3.05) is 11.6 Å². The van der Waals surface area contributed by atoms with E-state index in [2.05, 4.69) is 24.3 Å². The Labute approximate surface area is 175 Å². The van der Waals surface area contributed by atoms with Gasteiger partial charge in [0.2, 0.25) is 0 Å². The molecular weight excluding hydrogens is 405 g/mol. The zero-order valence-electron chi connectivity index (χ0n) is 17.1. The number of nitrogens with one attached hydrogen (secondary N) is 1. The highest BCUT2D eigenvalue weighted by Crippen LogP contribution is 2.45. The summed E-state index contributed by atoms with van der Waals surface area (Å²) in [4.78, 5) is 13.3. The van der Waals surface area contributed by atoms with Crippen LogP contribution in [-0.4, -0.2) is 30.4 Å². The molecule has 1 N–H and O–H groups in total. The molecule has 1 aromatic heterocycles. The molecule has 4 rings (SSSR count). The lowest BCUT2D eigenvalue weighted by Gasteiger charge is -2.42. The summed E-state index contributed by atoms with van der Waals surface area (Å²) >= 11 is 0. The second kappa shape index (κ2) is 7.19. The fourth-order valence-corrected chi connectivity index (χ4v) is 5.02. The molecule has 1 aliphatic rings. The molecule has 1 amide bonds. The molecule has 0 atom stereocenters. The molecule has 3 aromatic rings. The molecule has 6 nitrogen and oxygen atoms in total. The minimum Gasteiger partial charge on any atom is -0.321 e. The van der Waals surface area contributed by atoms with Gasteiger partial charge in [0.25, 0.3) is 5.91 Å². The maximum atomic E-state index is 13.7. The van der Waals surface area contributed by atoms with E-state index < -0.39 is 21.6 Å². The van der Waals surface area contributed by atoms with Gasteiger partial charge in [0.05, 0.1) is 10.4 Å². The lowest BCUT2D eigenvalue weighted by molar-refractivity contribution is 0.0784. The van der Waals surface area contributed by atoms with Crippen molar-refractivity contribution in [3.05, 3.63) is 54.0 Å². The molecule has 1 aliphatic carbocycles. The molecule has 158 valence electrons. The standard InChI is InChI=1S/C22H24FN3O3S/c1-22(2)11-14(12-22)13-26-20(18-8-7-15(23)9-19(18)25-26)21(27)24-16-5-4-6-17(10-16)30(3,28)29/h4-10,14H,11-13H2,1-3H3,(H,24,27). The molecule has 0 aliphatic heterocycles. The lowest BCUT2D eigenvalue weighted by Crippen LogP contribution is -2.35. The molecule has 30 heavy (non-hydrogen) atoms. The highest BCUT2D eigenvalue weighted by Gasteiger charge is 2.37. The average molecular weight is 430 g/mol. The number of nitrogens with zero attached hydrogens (tertiary/aromatic N) is 2. The Balaban J connectivity index is 1.68. The van der Waals surface area contributed by atoms with Gasteiger partial charge in [0.15, 0.2) is 9.84 Å². The summed E-state index contributed by atoms with van der Waals surface area (Å²) in [6.45, 7) is 4.99. The number of amides is 1. The van der Waals surface area contributed by atoms with Crippen LogP contribution in [0.15, 0.2) is 47.4 Å². The van der Waals surface area contributed by atoms with Crippen molar-refractivity contribution in [3.63, 3.8) is 0 Å². The molecule has 1 heterocycles. The third-order valence-corrected chi connectivity index (χ3v) is 6.66. The number of sulfone groups is 1. The molecule has 0 radical (unpaired) electrons. The number of halogens is 1. The van der Waals surface area contributed by atoms with Crippen LogP contribution in [0.1, 0.15) is 37.2 Å². The molecule has 0 saturated heterocycles. The van der Waals surface area contributed by atoms with E-state index in [1.165, 1.54) is 24.3 Å². The van der Waals surface area contributed by atoms with E-state index in [9.17, 15) is 17.6 Å². The van der Waals surface area contributed by atoms with Crippen LogP contribution >= 0.6 is 0 Å². The molecule has 2 aromatic carbocycles. The van der Waals surface area contributed by atoms with Crippen LogP contribution in [-0.2, 0) is 16.4 Å². The third-order valence-electron chi connectivity index (χ3n) is 5.55. The molecule has 0 bridgehead atoms. The average Bonchev–Trinajstić information content (AvgIpc) is 2.96. The fourth-order valence-electron chi connectivity index (χ4n) is 4.35. The smallest absolute Gasteiger partial charge is 0.274 e. The van der Waals surface area contributed by atoms with Crippen LogP contribution in [0.2, 0.25) is 0 Å². The van der Waals surface area contributed by atoms with Crippen LogP contribution in [0.5, 0.6) is 0 Å². The first-order chi connectivity index (χ1) is 14.0. The van der Waals surface area contributed by atoms with Gasteiger partial charge in [-0.15, -0.1) is 0 Å². The van der Waals surface area contributed by atoms with Crippen molar-refractivity contribution >= 4 is 32.3 Å². The monoisotopic (exact) mass is 429 g/mol. The summed E-state index contributed by atoms with van der Waals surface area (Å²) in [5.41, 5.74) is 1.43. The number of hydrogen-bond donors (Lipinski definition) is 1. The number of aromatic nitrogens is 2. The normalized spacial score (nSPS) is 16.4. The van der Waals surface area contributed by atoms with Crippen LogP contribution in [0, 0.1) is 17.2 Å². The number of benzene rings is 2.